The fourth-order valence-electron chi connectivity index (χ4n) is 1.25. The van der Waals surface area contributed by atoms with Crippen LogP contribution in [-0.4, -0.2) is 12.6 Å². The summed E-state index contributed by atoms with van der Waals surface area (Å²) in [5.41, 5.74) is 0.991. The number of carbonyl (C=O) groups is 1. The van der Waals surface area contributed by atoms with Crippen LogP contribution in [0.3, 0.4) is 0 Å². The van der Waals surface area contributed by atoms with Crippen LogP contribution in [0.25, 0.3) is 0 Å². The summed E-state index contributed by atoms with van der Waals surface area (Å²) in [7, 11) is 0. The second kappa shape index (κ2) is 5.43. The minimum absolute atomic E-state index is 0.134. The van der Waals surface area contributed by atoms with E-state index < -0.39 is 12.4 Å². The van der Waals surface area contributed by atoms with Gasteiger partial charge in [0.25, 0.3) is 0 Å². The van der Waals surface area contributed by atoms with Crippen molar-refractivity contribution >= 4 is 5.97 Å². The Morgan fingerprint density at radius 2 is 2.14 bits per heavy atom. The van der Waals surface area contributed by atoms with Crippen LogP contribution in [0.4, 0.5) is 0 Å². The van der Waals surface area contributed by atoms with Gasteiger partial charge in [-0.3, -0.25) is 4.79 Å². The molecule has 0 aliphatic carbocycles. The van der Waals surface area contributed by atoms with Gasteiger partial charge in [0.15, 0.2) is 0 Å². The van der Waals surface area contributed by atoms with Crippen molar-refractivity contribution in [1.29, 1.82) is 0 Å². The quantitative estimate of drug-likeness (QED) is 0.687. The average Bonchev–Trinajstić information content (AvgIpc) is 2.28. The van der Waals surface area contributed by atoms with E-state index in [0.717, 1.165) is 5.56 Å². The van der Waals surface area contributed by atoms with E-state index in [9.17, 15) is 4.79 Å². The first-order valence-electron chi connectivity index (χ1n) is 5.38. The monoisotopic (exact) mass is 193 g/mol. The number of ether oxygens (including phenoxy) is 1. The van der Waals surface area contributed by atoms with Gasteiger partial charge in [-0.1, -0.05) is 37.3 Å². The number of esters is 1. The highest BCUT2D eigenvalue weighted by atomic mass is 16.5. The lowest BCUT2D eigenvalue weighted by atomic mass is 9.98. The third-order valence-corrected chi connectivity index (χ3v) is 2.00. The van der Waals surface area contributed by atoms with Gasteiger partial charge in [-0.15, -0.1) is 0 Å². The van der Waals surface area contributed by atoms with Gasteiger partial charge in [-0.2, -0.15) is 0 Å². The van der Waals surface area contributed by atoms with Gasteiger partial charge in [0.2, 0.25) is 0 Å². The second-order valence-electron chi connectivity index (χ2n) is 3.12. The van der Waals surface area contributed by atoms with Crippen molar-refractivity contribution in [2.45, 2.75) is 26.2 Å². The first-order valence-corrected chi connectivity index (χ1v) is 4.80. The molecule has 0 spiro atoms. The molecule has 0 saturated heterocycles. The van der Waals surface area contributed by atoms with Crippen LogP contribution in [0.5, 0.6) is 0 Å². The van der Waals surface area contributed by atoms with Crippen LogP contribution in [0.15, 0.2) is 30.3 Å². The molecule has 0 saturated carbocycles. The Hall–Kier alpha value is -1.31. The van der Waals surface area contributed by atoms with E-state index >= 15 is 0 Å². The SMILES string of the molecule is [2H][C@H](C(=O)OCC)[C@@H](C)c1ccccc1. The predicted molar refractivity (Wildman–Crippen MR) is 56.1 cm³/mol. The van der Waals surface area contributed by atoms with E-state index in [-0.39, 0.29) is 5.92 Å². The van der Waals surface area contributed by atoms with Crippen LogP contribution in [0, 0.1) is 0 Å². The van der Waals surface area contributed by atoms with E-state index in [2.05, 4.69) is 0 Å². The maximum Gasteiger partial charge on any atom is 0.306 e. The zero-order chi connectivity index (χ0) is 11.3. The maximum atomic E-state index is 11.3. The van der Waals surface area contributed by atoms with Crippen LogP contribution in [0.1, 0.15) is 33.1 Å². The molecular formula is C12H16O2. The van der Waals surface area contributed by atoms with Crippen LogP contribution >= 0.6 is 0 Å². The zero-order valence-electron chi connectivity index (χ0n) is 9.57. The highest BCUT2D eigenvalue weighted by Crippen LogP contribution is 2.18. The van der Waals surface area contributed by atoms with Crippen molar-refractivity contribution in [2.24, 2.45) is 0 Å². The summed E-state index contributed by atoms with van der Waals surface area (Å²) < 4.78 is 12.6. The molecular weight excluding hydrogens is 176 g/mol. The van der Waals surface area contributed by atoms with Gasteiger partial charge >= 0.3 is 5.97 Å². The Kier molecular flexibility index (Phi) is 3.59. The summed E-state index contributed by atoms with van der Waals surface area (Å²) in [6, 6.07) is 9.57. The molecule has 0 aliphatic heterocycles. The minimum Gasteiger partial charge on any atom is -0.466 e. The molecule has 0 amide bonds. The van der Waals surface area contributed by atoms with E-state index in [0.29, 0.717) is 6.61 Å². The lowest BCUT2D eigenvalue weighted by Gasteiger charge is -2.10. The van der Waals surface area contributed by atoms with Crippen LogP contribution in [-0.2, 0) is 9.53 Å². The number of hydrogen-bond donors (Lipinski definition) is 0. The summed E-state index contributed by atoms with van der Waals surface area (Å²) in [5.74, 6) is -0.584. The van der Waals surface area contributed by atoms with E-state index in [1.54, 1.807) is 6.92 Å². The molecule has 0 unspecified atom stereocenters. The Bertz CT molecular complexity index is 311. The number of carbonyl (C=O) groups excluding carboxylic acids is 1. The lowest BCUT2D eigenvalue weighted by molar-refractivity contribution is -0.143. The number of rotatable bonds is 4. The summed E-state index contributed by atoms with van der Waals surface area (Å²) in [6.45, 7) is 3.94. The molecule has 1 aromatic carbocycles. The molecule has 1 rings (SSSR count). The van der Waals surface area contributed by atoms with Gasteiger partial charge in [0, 0.05) is 1.37 Å². The summed E-state index contributed by atoms with van der Waals surface area (Å²) >= 11 is 0. The van der Waals surface area contributed by atoms with Crippen LogP contribution in [0.2, 0.25) is 0 Å². The fourth-order valence-corrected chi connectivity index (χ4v) is 1.25. The zero-order valence-corrected chi connectivity index (χ0v) is 8.57. The summed E-state index contributed by atoms with van der Waals surface area (Å²) in [4.78, 5) is 11.3. The molecule has 0 fully saturated rings. The Balaban J connectivity index is 2.68. The van der Waals surface area contributed by atoms with E-state index in [1.165, 1.54) is 0 Å². The Labute approximate surface area is 86.3 Å². The minimum atomic E-state index is -0.840. The molecule has 14 heavy (non-hydrogen) atoms. The van der Waals surface area contributed by atoms with Crippen molar-refractivity contribution in [2.75, 3.05) is 6.61 Å². The van der Waals surface area contributed by atoms with Gasteiger partial charge in [0.05, 0.1) is 13.0 Å². The number of hydrogen-bond acceptors (Lipinski definition) is 2. The van der Waals surface area contributed by atoms with Crippen molar-refractivity contribution in [3.05, 3.63) is 35.9 Å². The fraction of sp³-hybridized carbons (Fsp3) is 0.417. The standard InChI is InChI=1S/C12H16O2/c1-3-14-12(13)9-10(2)11-7-5-4-6-8-11/h4-8,10H,3,9H2,1-2H3/t10-/m1/s1/i9D/t9-,10+/m0. The molecule has 1 aromatic rings. The average molecular weight is 193 g/mol. The first kappa shape index (κ1) is 9.25. The third-order valence-electron chi connectivity index (χ3n) is 2.00. The molecule has 2 atom stereocenters. The maximum absolute atomic E-state index is 11.3. The Morgan fingerprint density at radius 3 is 2.71 bits per heavy atom. The first-order chi connectivity index (χ1) is 7.16. The molecule has 0 radical (unpaired) electrons. The van der Waals surface area contributed by atoms with Crippen molar-refractivity contribution in [3.8, 4) is 0 Å². The van der Waals surface area contributed by atoms with Gasteiger partial charge in [-0.05, 0) is 18.4 Å². The van der Waals surface area contributed by atoms with E-state index in [4.69, 9.17) is 6.11 Å². The highest BCUT2D eigenvalue weighted by Gasteiger charge is 2.10. The molecule has 0 bridgehead atoms. The smallest absolute Gasteiger partial charge is 0.306 e. The Morgan fingerprint density at radius 1 is 1.50 bits per heavy atom. The second-order valence-corrected chi connectivity index (χ2v) is 3.12. The topological polar surface area (TPSA) is 26.3 Å². The molecule has 76 valence electrons. The van der Waals surface area contributed by atoms with Gasteiger partial charge in [0.1, 0.15) is 0 Å². The summed E-state index contributed by atoms with van der Waals surface area (Å²) in [6.07, 6.45) is -0.840. The van der Waals surface area contributed by atoms with Gasteiger partial charge < -0.3 is 4.74 Å². The molecule has 2 nitrogen and oxygen atoms in total. The van der Waals surface area contributed by atoms with Crippen molar-refractivity contribution in [1.82, 2.24) is 0 Å². The highest BCUT2D eigenvalue weighted by molar-refractivity contribution is 5.70. The molecule has 0 aromatic heterocycles. The molecule has 0 N–H and O–H groups in total. The summed E-state index contributed by atoms with van der Waals surface area (Å²) in [5, 5.41) is 0. The molecule has 0 heterocycles. The normalized spacial score (nSPS) is 15.4. The van der Waals surface area contributed by atoms with Crippen LogP contribution < -0.4 is 0 Å². The van der Waals surface area contributed by atoms with Gasteiger partial charge in [-0.25, -0.2) is 0 Å². The third kappa shape index (κ3) is 3.21. The van der Waals surface area contributed by atoms with Crippen molar-refractivity contribution < 1.29 is 10.9 Å². The molecule has 2 heteroatoms. The van der Waals surface area contributed by atoms with E-state index in [1.807, 2.05) is 37.3 Å². The predicted octanol–water partition coefficient (Wildman–Crippen LogP) is 2.74. The number of benzene rings is 1. The molecule has 0 aliphatic rings. The largest absolute Gasteiger partial charge is 0.466 e. The van der Waals surface area contributed by atoms with Crippen molar-refractivity contribution in [3.63, 3.8) is 0 Å². The lowest BCUT2D eigenvalue weighted by Crippen LogP contribution is -2.08.